The summed E-state index contributed by atoms with van der Waals surface area (Å²) in [5.41, 5.74) is 0.453. The molecule has 0 aliphatic heterocycles. The molecule has 0 aliphatic carbocycles. The highest BCUT2D eigenvalue weighted by atomic mass is 35.5. The molecule has 4 aromatic rings. The van der Waals surface area contributed by atoms with Crippen LogP contribution in [0.3, 0.4) is 0 Å². The highest BCUT2D eigenvalue weighted by molar-refractivity contribution is 6.33. The van der Waals surface area contributed by atoms with Crippen LogP contribution in [0.25, 0.3) is 10.8 Å². The van der Waals surface area contributed by atoms with Crippen molar-refractivity contribution in [2.45, 2.75) is 6.54 Å². The number of aromatic amines is 1. The largest absolute Gasteiger partial charge is 0.452 e. The molecule has 3 aromatic carbocycles. The summed E-state index contributed by atoms with van der Waals surface area (Å²) in [5, 5.41) is 4.86. The fourth-order valence-electron chi connectivity index (χ4n) is 2.99. The molecule has 0 aliphatic rings. The van der Waals surface area contributed by atoms with Crippen molar-refractivity contribution in [1.82, 2.24) is 10.3 Å². The second kappa shape index (κ2) is 8.15. The van der Waals surface area contributed by atoms with Crippen LogP contribution in [0.1, 0.15) is 16.1 Å². The number of aromatic nitrogens is 1. The first-order valence-corrected chi connectivity index (χ1v) is 9.54. The minimum Gasteiger partial charge on any atom is -0.452 e. The van der Waals surface area contributed by atoms with E-state index in [9.17, 15) is 4.79 Å². The lowest BCUT2D eigenvalue weighted by molar-refractivity contribution is 0.0946. The minimum absolute atomic E-state index is 0.0525. The van der Waals surface area contributed by atoms with E-state index in [2.05, 4.69) is 10.3 Å². The number of fused-ring (bicyclic) bond motifs is 1. The molecule has 2 N–H and O–H groups in total. The van der Waals surface area contributed by atoms with E-state index in [1.54, 1.807) is 18.3 Å². The van der Waals surface area contributed by atoms with Gasteiger partial charge in [-0.1, -0.05) is 65.7 Å². The molecule has 0 fully saturated rings. The quantitative estimate of drug-likeness (QED) is 0.389. The second-order valence-corrected chi connectivity index (χ2v) is 7.13. The predicted octanol–water partition coefficient (Wildman–Crippen LogP) is 6.34. The SMILES string of the molecule is O=C(NCc1ccc(Cl)c(Oc2cccc3ccccc23)c1F)c1[nH]ccc1Cl. The Hall–Kier alpha value is -3.02. The Morgan fingerprint density at radius 2 is 1.79 bits per heavy atom. The number of amides is 1. The van der Waals surface area contributed by atoms with Gasteiger partial charge in [-0.2, -0.15) is 0 Å². The number of hydrogen-bond acceptors (Lipinski definition) is 2. The molecule has 4 nitrogen and oxygen atoms in total. The van der Waals surface area contributed by atoms with Crippen LogP contribution < -0.4 is 10.1 Å². The first-order valence-electron chi connectivity index (χ1n) is 8.78. The van der Waals surface area contributed by atoms with Gasteiger partial charge < -0.3 is 15.0 Å². The summed E-state index contributed by atoms with van der Waals surface area (Å²) in [6.07, 6.45) is 1.55. The second-order valence-electron chi connectivity index (χ2n) is 6.31. The Morgan fingerprint density at radius 3 is 2.59 bits per heavy atom. The summed E-state index contributed by atoms with van der Waals surface area (Å²) < 4.78 is 20.9. The van der Waals surface area contributed by atoms with E-state index in [-0.39, 0.29) is 28.6 Å². The normalized spacial score (nSPS) is 10.9. The monoisotopic (exact) mass is 428 g/mol. The number of hydrogen-bond donors (Lipinski definition) is 2. The molecule has 0 unspecified atom stereocenters. The van der Waals surface area contributed by atoms with Crippen molar-refractivity contribution in [1.29, 1.82) is 0 Å². The first kappa shape index (κ1) is 19.3. The molecule has 146 valence electrons. The molecule has 0 spiro atoms. The third-order valence-electron chi connectivity index (χ3n) is 4.45. The van der Waals surface area contributed by atoms with E-state index >= 15 is 4.39 Å². The van der Waals surface area contributed by atoms with Crippen molar-refractivity contribution < 1.29 is 13.9 Å². The molecular weight excluding hydrogens is 414 g/mol. The molecule has 0 saturated carbocycles. The standard InChI is InChI=1S/C22H15Cl2FN2O2/c23-16-10-11-26-20(16)22(28)27-12-14-8-9-17(24)21(19(14)25)29-18-7-3-5-13-4-1-2-6-15(13)18/h1-11,26H,12H2,(H,27,28). The Kier molecular flexibility index (Phi) is 5.43. The maximum Gasteiger partial charge on any atom is 0.269 e. The summed E-state index contributed by atoms with van der Waals surface area (Å²) in [7, 11) is 0. The lowest BCUT2D eigenvalue weighted by atomic mass is 10.1. The molecule has 0 bridgehead atoms. The molecule has 0 atom stereocenters. The third-order valence-corrected chi connectivity index (χ3v) is 5.07. The van der Waals surface area contributed by atoms with Gasteiger partial charge in [0.15, 0.2) is 11.6 Å². The van der Waals surface area contributed by atoms with E-state index in [0.29, 0.717) is 10.8 Å². The van der Waals surface area contributed by atoms with Gasteiger partial charge in [0.1, 0.15) is 11.4 Å². The van der Waals surface area contributed by atoms with Crippen LogP contribution in [-0.4, -0.2) is 10.9 Å². The maximum atomic E-state index is 15.1. The van der Waals surface area contributed by atoms with Gasteiger partial charge in [0.25, 0.3) is 5.91 Å². The molecule has 0 radical (unpaired) electrons. The van der Waals surface area contributed by atoms with Crippen LogP contribution in [-0.2, 0) is 6.54 Å². The van der Waals surface area contributed by atoms with Crippen molar-refractivity contribution in [3.05, 3.63) is 94.0 Å². The predicted molar refractivity (Wildman–Crippen MR) is 112 cm³/mol. The van der Waals surface area contributed by atoms with Crippen molar-refractivity contribution in [2.75, 3.05) is 0 Å². The van der Waals surface area contributed by atoms with E-state index in [1.807, 2.05) is 36.4 Å². The number of H-pyrrole nitrogens is 1. The molecule has 0 saturated heterocycles. The van der Waals surface area contributed by atoms with Crippen LogP contribution in [0.4, 0.5) is 4.39 Å². The van der Waals surface area contributed by atoms with E-state index in [1.165, 1.54) is 12.1 Å². The van der Waals surface area contributed by atoms with Crippen LogP contribution in [0.5, 0.6) is 11.5 Å². The first-order chi connectivity index (χ1) is 14.0. The third kappa shape index (κ3) is 3.92. The number of nitrogens with one attached hydrogen (secondary N) is 2. The number of rotatable bonds is 5. The van der Waals surface area contributed by atoms with Crippen molar-refractivity contribution in [3.8, 4) is 11.5 Å². The Balaban J connectivity index is 1.60. The smallest absolute Gasteiger partial charge is 0.269 e. The van der Waals surface area contributed by atoms with Crippen molar-refractivity contribution in [2.24, 2.45) is 0 Å². The molecule has 1 amide bonds. The summed E-state index contributed by atoms with van der Waals surface area (Å²) in [6, 6.07) is 17.8. The average molecular weight is 429 g/mol. The fourth-order valence-corrected chi connectivity index (χ4v) is 3.37. The molecule has 7 heteroatoms. The summed E-state index contributed by atoms with van der Waals surface area (Å²) in [6.45, 7) is -0.0525. The Bertz CT molecular complexity index is 1200. The van der Waals surface area contributed by atoms with E-state index in [0.717, 1.165) is 10.8 Å². The molecule has 1 aromatic heterocycles. The number of benzene rings is 3. The lowest BCUT2D eigenvalue weighted by Crippen LogP contribution is -2.24. The maximum absolute atomic E-state index is 15.1. The topological polar surface area (TPSA) is 54.1 Å². The van der Waals surface area contributed by atoms with Crippen LogP contribution in [0.15, 0.2) is 66.9 Å². The van der Waals surface area contributed by atoms with Crippen molar-refractivity contribution in [3.63, 3.8) is 0 Å². The van der Waals surface area contributed by atoms with E-state index in [4.69, 9.17) is 27.9 Å². The highest BCUT2D eigenvalue weighted by Gasteiger charge is 2.18. The summed E-state index contributed by atoms with van der Waals surface area (Å²) >= 11 is 12.1. The van der Waals surface area contributed by atoms with E-state index < -0.39 is 11.7 Å². The zero-order valence-corrected chi connectivity index (χ0v) is 16.5. The zero-order valence-electron chi connectivity index (χ0n) is 15.0. The molecule has 1 heterocycles. The number of ether oxygens (including phenoxy) is 1. The number of carbonyl (C=O) groups is 1. The van der Waals surface area contributed by atoms with Gasteiger partial charge in [0, 0.05) is 23.7 Å². The summed E-state index contributed by atoms with van der Waals surface area (Å²) in [4.78, 5) is 14.9. The molecule has 29 heavy (non-hydrogen) atoms. The van der Waals surface area contributed by atoms with Gasteiger partial charge in [-0.3, -0.25) is 4.79 Å². The molecule has 4 rings (SSSR count). The van der Waals surface area contributed by atoms with Gasteiger partial charge in [-0.15, -0.1) is 0 Å². The fraction of sp³-hybridized carbons (Fsp3) is 0.0455. The van der Waals surface area contributed by atoms with Gasteiger partial charge in [-0.25, -0.2) is 4.39 Å². The highest BCUT2D eigenvalue weighted by Crippen LogP contribution is 2.36. The van der Waals surface area contributed by atoms with Gasteiger partial charge in [0.2, 0.25) is 0 Å². The van der Waals surface area contributed by atoms with Crippen LogP contribution in [0, 0.1) is 5.82 Å². The lowest BCUT2D eigenvalue weighted by Gasteiger charge is -2.14. The van der Waals surface area contributed by atoms with Crippen molar-refractivity contribution >= 4 is 39.9 Å². The van der Waals surface area contributed by atoms with Gasteiger partial charge in [0.05, 0.1) is 10.0 Å². The van der Waals surface area contributed by atoms with Crippen LogP contribution in [0.2, 0.25) is 10.0 Å². The van der Waals surface area contributed by atoms with Crippen LogP contribution >= 0.6 is 23.2 Å². The Labute approximate surface area is 176 Å². The zero-order chi connectivity index (χ0) is 20.4. The number of halogens is 3. The van der Waals surface area contributed by atoms with Gasteiger partial charge >= 0.3 is 0 Å². The van der Waals surface area contributed by atoms with Gasteiger partial charge in [-0.05, 0) is 23.6 Å². The summed E-state index contributed by atoms with van der Waals surface area (Å²) in [5.74, 6) is -0.676. The minimum atomic E-state index is -0.636. The average Bonchev–Trinajstić information content (AvgIpc) is 3.16. The Morgan fingerprint density at radius 1 is 1.00 bits per heavy atom. The molecular formula is C22H15Cl2FN2O2. The number of carbonyl (C=O) groups excluding carboxylic acids is 1.